The van der Waals surface area contributed by atoms with E-state index in [4.69, 9.17) is 9.47 Å². The summed E-state index contributed by atoms with van der Waals surface area (Å²) in [7, 11) is 3.54. The molecule has 0 bridgehead atoms. The fraction of sp³-hybridized carbons (Fsp3) is 0.625. The highest BCUT2D eigenvalue weighted by Crippen LogP contribution is 2.59. The Labute approximate surface area is 206 Å². The number of fused-ring (bicyclic) bond motifs is 3. The lowest BCUT2D eigenvalue weighted by molar-refractivity contribution is -0.0168. The van der Waals surface area contributed by atoms with Gasteiger partial charge in [-0.1, -0.05) is 49.9 Å². The van der Waals surface area contributed by atoms with E-state index >= 15 is 0 Å². The molecule has 2 aromatic rings. The highest BCUT2D eigenvalue weighted by molar-refractivity contribution is 5.31. The van der Waals surface area contributed by atoms with Crippen LogP contribution in [0.5, 0.6) is 11.5 Å². The van der Waals surface area contributed by atoms with Crippen molar-refractivity contribution in [1.29, 1.82) is 0 Å². The minimum Gasteiger partial charge on any atom is -0.497 e. The molecule has 0 aromatic heterocycles. The second-order valence-electron chi connectivity index (χ2n) is 11.9. The van der Waals surface area contributed by atoms with E-state index < -0.39 is 0 Å². The molecule has 4 aliphatic carbocycles. The van der Waals surface area contributed by atoms with Crippen LogP contribution in [-0.4, -0.2) is 14.2 Å². The van der Waals surface area contributed by atoms with Gasteiger partial charge in [-0.25, -0.2) is 0 Å². The van der Waals surface area contributed by atoms with Gasteiger partial charge in [-0.15, -0.1) is 0 Å². The Morgan fingerprint density at radius 3 is 1.32 bits per heavy atom. The summed E-state index contributed by atoms with van der Waals surface area (Å²) in [4.78, 5) is 0. The van der Waals surface area contributed by atoms with E-state index in [1.807, 2.05) is 0 Å². The molecule has 182 valence electrons. The van der Waals surface area contributed by atoms with Gasteiger partial charge in [0.25, 0.3) is 0 Å². The number of hydrogen-bond acceptors (Lipinski definition) is 2. The predicted molar refractivity (Wildman–Crippen MR) is 139 cm³/mol. The van der Waals surface area contributed by atoms with Crippen LogP contribution in [0.15, 0.2) is 48.5 Å². The first-order chi connectivity index (χ1) is 16.7. The zero-order valence-electron chi connectivity index (χ0n) is 21.1. The molecule has 0 spiro atoms. The molecule has 2 unspecified atom stereocenters. The first-order valence-corrected chi connectivity index (χ1v) is 14.0. The van der Waals surface area contributed by atoms with Crippen molar-refractivity contribution in [2.75, 3.05) is 14.2 Å². The second-order valence-corrected chi connectivity index (χ2v) is 11.9. The standard InChI is InChI=1S/C32H42O2/c1-33-27-13-9-21(10-14-27)29-7-3-5-23-17-25-18-24-6-4-8-30(22-11-15-28(34-2)16-12-22)32(24)20-26(25)19-31(23)29/h9-16,23-26,29-32H,3-8,17-20H2,1-2H3/t23-,24+,25?,26?,29+,30-,31-,32+. The van der Waals surface area contributed by atoms with Gasteiger partial charge in [-0.05, 0) is 121 Å². The maximum atomic E-state index is 5.44. The quantitative estimate of drug-likeness (QED) is 0.459. The van der Waals surface area contributed by atoms with Gasteiger partial charge in [0.2, 0.25) is 0 Å². The molecule has 0 saturated heterocycles. The maximum absolute atomic E-state index is 5.44. The van der Waals surface area contributed by atoms with Crippen molar-refractivity contribution in [3.8, 4) is 11.5 Å². The van der Waals surface area contributed by atoms with Gasteiger partial charge in [0, 0.05) is 0 Å². The minimum absolute atomic E-state index is 0.757. The highest BCUT2D eigenvalue weighted by Gasteiger charge is 2.48. The summed E-state index contributed by atoms with van der Waals surface area (Å²) >= 11 is 0. The summed E-state index contributed by atoms with van der Waals surface area (Å²) < 4.78 is 10.9. The Balaban J connectivity index is 1.21. The molecule has 8 atom stereocenters. The molecule has 2 heteroatoms. The van der Waals surface area contributed by atoms with Crippen LogP contribution < -0.4 is 9.47 Å². The fourth-order valence-electron chi connectivity index (χ4n) is 8.98. The summed E-state index contributed by atoms with van der Waals surface area (Å²) in [6, 6.07) is 18.1. The van der Waals surface area contributed by atoms with Crippen LogP contribution in [0.1, 0.15) is 87.2 Å². The van der Waals surface area contributed by atoms with E-state index in [0.717, 1.165) is 58.8 Å². The summed E-state index contributed by atoms with van der Waals surface area (Å²) in [5, 5.41) is 0. The van der Waals surface area contributed by atoms with E-state index in [-0.39, 0.29) is 0 Å². The van der Waals surface area contributed by atoms with Gasteiger partial charge in [0.1, 0.15) is 11.5 Å². The third kappa shape index (κ3) is 4.16. The molecule has 0 radical (unpaired) electrons. The van der Waals surface area contributed by atoms with Gasteiger partial charge in [0.05, 0.1) is 14.2 Å². The average molecular weight is 459 g/mol. The number of rotatable bonds is 4. The van der Waals surface area contributed by atoms with Gasteiger partial charge in [0.15, 0.2) is 0 Å². The van der Waals surface area contributed by atoms with Gasteiger partial charge >= 0.3 is 0 Å². The van der Waals surface area contributed by atoms with Crippen molar-refractivity contribution in [2.45, 2.75) is 76.0 Å². The first-order valence-electron chi connectivity index (χ1n) is 14.0. The largest absolute Gasteiger partial charge is 0.497 e. The van der Waals surface area contributed by atoms with E-state index in [1.165, 1.54) is 64.2 Å². The zero-order chi connectivity index (χ0) is 23.1. The lowest BCUT2D eigenvalue weighted by Gasteiger charge is -2.54. The van der Waals surface area contributed by atoms with Gasteiger partial charge < -0.3 is 9.47 Å². The Bertz CT molecular complexity index is 870. The highest BCUT2D eigenvalue weighted by atomic mass is 16.5. The normalized spacial score (nSPS) is 37.1. The lowest BCUT2D eigenvalue weighted by atomic mass is 9.51. The Kier molecular flexibility index (Phi) is 6.35. The van der Waals surface area contributed by atoms with Crippen molar-refractivity contribution in [3.05, 3.63) is 59.7 Å². The monoisotopic (exact) mass is 458 g/mol. The fourth-order valence-corrected chi connectivity index (χ4v) is 8.98. The summed E-state index contributed by atoms with van der Waals surface area (Å²) in [5.74, 6) is 9.12. The summed E-state index contributed by atoms with van der Waals surface area (Å²) in [6.45, 7) is 0. The molecule has 34 heavy (non-hydrogen) atoms. The van der Waals surface area contributed by atoms with Crippen molar-refractivity contribution < 1.29 is 9.47 Å². The average Bonchev–Trinajstić information content (AvgIpc) is 2.90. The number of ether oxygens (including phenoxy) is 2. The molecule has 4 saturated carbocycles. The van der Waals surface area contributed by atoms with Crippen molar-refractivity contribution in [1.82, 2.24) is 0 Å². The zero-order valence-corrected chi connectivity index (χ0v) is 21.1. The molecule has 2 nitrogen and oxygen atoms in total. The van der Waals surface area contributed by atoms with Crippen LogP contribution in [0.25, 0.3) is 0 Å². The predicted octanol–water partition coefficient (Wildman–Crippen LogP) is 8.22. The molecule has 0 amide bonds. The third-order valence-corrected chi connectivity index (χ3v) is 10.5. The Morgan fingerprint density at radius 1 is 0.500 bits per heavy atom. The summed E-state index contributed by atoms with van der Waals surface area (Å²) in [5.41, 5.74) is 3.13. The van der Waals surface area contributed by atoms with Crippen LogP contribution in [-0.2, 0) is 0 Å². The molecule has 0 aliphatic heterocycles. The van der Waals surface area contributed by atoms with Crippen LogP contribution in [0, 0.1) is 35.5 Å². The van der Waals surface area contributed by atoms with Crippen LogP contribution >= 0.6 is 0 Å². The SMILES string of the molecule is COc1ccc([C@H]2CCC[C@H]3CC4C[C@H]5CCC[C@@H](c6ccc(OC)cc6)[C@@H]5CC4C[C@@H]32)cc1. The molecule has 0 heterocycles. The van der Waals surface area contributed by atoms with Crippen molar-refractivity contribution >= 4 is 0 Å². The molecule has 0 N–H and O–H groups in total. The number of hydrogen-bond donors (Lipinski definition) is 0. The molecule has 2 aromatic carbocycles. The van der Waals surface area contributed by atoms with Crippen molar-refractivity contribution in [3.63, 3.8) is 0 Å². The van der Waals surface area contributed by atoms with Crippen molar-refractivity contribution in [2.24, 2.45) is 35.5 Å². The topological polar surface area (TPSA) is 18.5 Å². The van der Waals surface area contributed by atoms with Crippen LogP contribution in [0.2, 0.25) is 0 Å². The Morgan fingerprint density at radius 2 is 0.912 bits per heavy atom. The lowest BCUT2D eigenvalue weighted by Crippen LogP contribution is -2.44. The second kappa shape index (κ2) is 9.59. The van der Waals surface area contributed by atoms with Crippen LogP contribution in [0.3, 0.4) is 0 Å². The van der Waals surface area contributed by atoms with Crippen LogP contribution in [0.4, 0.5) is 0 Å². The minimum atomic E-state index is 0.757. The van der Waals surface area contributed by atoms with Gasteiger partial charge in [-0.2, -0.15) is 0 Å². The first kappa shape index (κ1) is 22.5. The molecular weight excluding hydrogens is 416 g/mol. The molecule has 4 fully saturated rings. The van der Waals surface area contributed by atoms with E-state index in [9.17, 15) is 0 Å². The number of methoxy groups -OCH3 is 2. The Hall–Kier alpha value is -1.96. The summed E-state index contributed by atoms with van der Waals surface area (Å²) in [6.07, 6.45) is 14.5. The molecular formula is C32H42O2. The van der Waals surface area contributed by atoms with E-state index in [0.29, 0.717) is 0 Å². The number of benzene rings is 2. The van der Waals surface area contributed by atoms with E-state index in [2.05, 4.69) is 48.5 Å². The smallest absolute Gasteiger partial charge is 0.118 e. The molecule has 6 rings (SSSR count). The maximum Gasteiger partial charge on any atom is 0.118 e. The van der Waals surface area contributed by atoms with Gasteiger partial charge in [-0.3, -0.25) is 0 Å². The molecule has 4 aliphatic rings. The van der Waals surface area contributed by atoms with E-state index in [1.54, 1.807) is 25.3 Å². The third-order valence-electron chi connectivity index (χ3n) is 10.5.